The molecule has 0 rings (SSSR count). The Morgan fingerprint density at radius 2 is 1.03 bits per heavy atom. The third-order valence-corrected chi connectivity index (χ3v) is 2.97. The van der Waals surface area contributed by atoms with E-state index in [0.717, 1.165) is 0 Å². The molecule has 0 aliphatic heterocycles. The molecule has 2 amide bonds. The summed E-state index contributed by atoms with van der Waals surface area (Å²) in [7, 11) is 0. The summed E-state index contributed by atoms with van der Waals surface area (Å²) in [5.74, 6) is 4.32. The maximum atomic E-state index is 11.4. The number of alkyl carbamates (subject to hydrolysis) is 2. The molecule has 0 aromatic rings. The molecule has 0 heterocycles. The van der Waals surface area contributed by atoms with E-state index in [9.17, 15) is 19.2 Å². The third kappa shape index (κ3) is 18.3. The van der Waals surface area contributed by atoms with E-state index in [1.807, 2.05) is 0 Å². The van der Waals surface area contributed by atoms with Crippen LogP contribution < -0.4 is 21.3 Å². The molecule has 0 bridgehead atoms. The van der Waals surface area contributed by atoms with Crippen LogP contribution in [0.15, 0.2) is 0 Å². The fourth-order valence-electron chi connectivity index (χ4n) is 1.72. The van der Waals surface area contributed by atoms with Gasteiger partial charge in [-0.1, -0.05) is 11.8 Å². The fourth-order valence-corrected chi connectivity index (χ4v) is 1.72. The van der Waals surface area contributed by atoms with Crippen molar-refractivity contribution in [2.75, 3.05) is 65.7 Å². The molecule has 0 fully saturated rings. The maximum Gasteiger partial charge on any atom is 0.408 e. The van der Waals surface area contributed by atoms with Crippen LogP contribution in [-0.2, 0) is 28.5 Å². The number of amides is 2. The Morgan fingerprint density at radius 1 is 0.633 bits per heavy atom. The van der Waals surface area contributed by atoms with Crippen LogP contribution in [0.2, 0.25) is 0 Å². The lowest BCUT2D eigenvalue weighted by atomic mass is 10.5. The Hall–Kier alpha value is -3.04. The van der Waals surface area contributed by atoms with Gasteiger partial charge in [0.2, 0.25) is 0 Å². The van der Waals surface area contributed by atoms with Gasteiger partial charge in [-0.2, -0.15) is 0 Å². The first kappa shape index (κ1) is 27.0. The predicted octanol–water partition coefficient (Wildman–Crippen LogP) is -1.25. The Kier molecular flexibility index (Phi) is 17.3. The first-order chi connectivity index (χ1) is 14.5. The van der Waals surface area contributed by atoms with Crippen LogP contribution in [0.5, 0.6) is 0 Å². The number of nitrogens with one attached hydrogen (secondary N) is 4. The van der Waals surface area contributed by atoms with E-state index >= 15 is 0 Å². The molecule has 0 saturated carbocycles. The van der Waals surface area contributed by atoms with Crippen molar-refractivity contribution >= 4 is 24.1 Å². The van der Waals surface area contributed by atoms with Crippen molar-refractivity contribution in [3.05, 3.63) is 0 Å². The zero-order valence-corrected chi connectivity index (χ0v) is 17.3. The van der Waals surface area contributed by atoms with Gasteiger partial charge in [0.05, 0.1) is 26.3 Å². The summed E-state index contributed by atoms with van der Waals surface area (Å²) in [5, 5.41) is 10.5. The smallest absolute Gasteiger partial charge is 0.408 e. The Bertz CT molecular complexity index is 540. The van der Waals surface area contributed by atoms with E-state index < -0.39 is 12.2 Å². The van der Waals surface area contributed by atoms with Crippen LogP contribution >= 0.6 is 0 Å². The van der Waals surface area contributed by atoms with Crippen LogP contribution in [0.1, 0.15) is 13.8 Å². The van der Waals surface area contributed by atoms with Gasteiger partial charge in [-0.3, -0.25) is 9.59 Å². The van der Waals surface area contributed by atoms with E-state index in [0.29, 0.717) is 26.3 Å². The van der Waals surface area contributed by atoms with Crippen molar-refractivity contribution in [3.8, 4) is 11.8 Å². The molecule has 0 aromatic heterocycles. The molecule has 12 heteroatoms. The molecular weight excluding hydrogens is 400 g/mol. The Morgan fingerprint density at radius 3 is 1.40 bits per heavy atom. The van der Waals surface area contributed by atoms with Gasteiger partial charge in [-0.15, -0.1) is 0 Å². The van der Waals surface area contributed by atoms with Gasteiger partial charge in [0.1, 0.15) is 0 Å². The summed E-state index contributed by atoms with van der Waals surface area (Å²) < 4.78 is 19.1. The summed E-state index contributed by atoms with van der Waals surface area (Å²) in [6.45, 7) is 5.16. The molecule has 0 aliphatic rings. The van der Waals surface area contributed by atoms with Crippen LogP contribution in [0, 0.1) is 11.8 Å². The van der Waals surface area contributed by atoms with E-state index in [1.54, 1.807) is 13.8 Å². The van der Waals surface area contributed by atoms with Crippen LogP contribution in [0.3, 0.4) is 0 Å². The first-order valence-electron chi connectivity index (χ1n) is 9.49. The van der Waals surface area contributed by atoms with E-state index in [4.69, 9.17) is 18.9 Å². The van der Waals surface area contributed by atoms with Gasteiger partial charge >= 0.3 is 24.1 Å². The zero-order valence-electron chi connectivity index (χ0n) is 17.3. The largest absolute Gasteiger partial charge is 0.465 e. The molecule has 4 N–H and O–H groups in total. The lowest BCUT2D eigenvalue weighted by molar-refractivity contribution is -0.142. The SMILES string of the molecule is CCOC(=O)CNCCNC(=O)OCC#CCOC(=O)NCCNCC(=O)OCC. The van der Waals surface area contributed by atoms with Gasteiger partial charge in [-0.25, -0.2) is 9.59 Å². The second-order valence-electron chi connectivity index (χ2n) is 5.32. The van der Waals surface area contributed by atoms with Gasteiger partial charge in [-0.05, 0) is 13.8 Å². The molecule has 0 aromatic carbocycles. The average Bonchev–Trinajstić information content (AvgIpc) is 2.70. The Labute approximate surface area is 175 Å². The van der Waals surface area contributed by atoms with Crippen molar-refractivity contribution < 1.29 is 38.1 Å². The summed E-state index contributed by atoms with van der Waals surface area (Å²) in [5.41, 5.74) is 0. The second-order valence-corrected chi connectivity index (χ2v) is 5.32. The van der Waals surface area contributed by atoms with Crippen molar-refractivity contribution in [2.45, 2.75) is 13.8 Å². The van der Waals surface area contributed by atoms with Gasteiger partial charge < -0.3 is 40.2 Å². The molecule has 0 aliphatic carbocycles. The fraction of sp³-hybridized carbons (Fsp3) is 0.667. The van der Waals surface area contributed by atoms with E-state index in [1.165, 1.54) is 0 Å². The number of carbonyl (C=O) groups is 4. The molecular formula is C18H30N4O8. The topological polar surface area (TPSA) is 153 Å². The highest BCUT2D eigenvalue weighted by Crippen LogP contribution is 1.79. The number of hydrogen-bond acceptors (Lipinski definition) is 10. The summed E-state index contributed by atoms with van der Waals surface area (Å²) in [4.78, 5) is 44.9. The van der Waals surface area contributed by atoms with Crippen LogP contribution in [-0.4, -0.2) is 89.8 Å². The highest BCUT2D eigenvalue weighted by molar-refractivity contribution is 5.72. The second kappa shape index (κ2) is 19.3. The monoisotopic (exact) mass is 430 g/mol. The highest BCUT2D eigenvalue weighted by atomic mass is 16.6. The van der Waals surface area contributed by atoms with Gasteiger partial charge in [0.25, 0.3) is 0 Å². The van der Waals surface area contributed by atoms with Crippen molar-refractivity contribution in [3.63, 3.8) is 0 Å². The minimum absolute atomic E-state index is 0.0632. The molecule has 0 spiro atoms. The number of rotatable bonds is 14. The summed E-state index contributed by atoms with van der Waals surface area (Å²) in [6, 6.07) is 0. The molecule has 12 nitrogen and oxygen atoms in total. The molecule has 0 saturated heterocycles. The lowest BCUT2D eigenvalue weighted by Gasteiger charge is -2.06. The van der Waals surface area contributed by atoms with Crippen LogP contribution in [0.4, 0.5) is 9.59 Å². The molecule has 0 atom stereocenters. The van der Waals surface area contributed by atoms with E-state index in [-0.39, 0.29) is 51.3 Å². The van der Waals surface area contributed by atoms with Crippen molar-refractivity contribution in [1.82, 2.24) is 21.3 Å². The number of hydrogen-bond donors (Lipinski definition) is 4. The quantitative estimate of drug-likeness (QED) is 0.114. The first-order valence-corrected chi connectivity index (χ1v) is 9.49. The minimum atomic E-state index is -0.656. The Balaban J connectivity index is 3.56. The standard InChI is InChI=1S/C18H30N4O8/c1-3-27-15(23)13-19-7-9-21-17(25)29-11-5-6-12-30-18(26)22-10-8-20-14-16(24)28-4-2/h19-20H,3-4,7-14H2,1-2H3,(H,21,25)(H,22,26). The molecule has 0 radical (unpaired) electrons. The minimum Gasteiger partial charge on any atom is -0.465 e. The number of ether oxygens (including phenoxy) is 4. The zero-order chi connectivity index (χ0) is 22.5. The van der Waals surface area contributed by atoms with E-state index in [2.05, 4.69) is 33.1 Å². The number of carbonyl (C=O) groups excluding carboxylic acids is 4. The van der Waals surface area contributed by atoms with Crippen molar-refractivity contribution in [1.29, 1.82) is 0 Å². The van der Waals surface area contributed by atoms with Gasteiger partial charge in [0.15, 0.2) is 13.2 Å². The van der Waals surface area contributed by atoms with Crippen molar-refractivity contribution in [2.24, 2.45) is 0 Å². The average molecular weight is 430 g/mol. The normalized spacial score (nSPS) is 9.53. The van der Waals surface area contributed by atoms with Crippen LogP contribution in [0.25, 0.3) is 0 Å². The number of esters is 2. The predicted molar refractivity (Wildman–Crippen MR) is 105 cm³/mol. The lowest BCUT2D eigenvalue weighted by Crippen LogP contribution is -2.35. The molecule has 170 valence electrons. The summed E-state index contributed by atoms with van der Waals surface area (Å²) >= 11 is 0. The van der Waals surface area contributed by atoms with Gasteiger partial charge in [0, 0.05) is 26.2 Å². The molecule has 0 unspecified atom stereocenters. The maximum absolute atomic E-state index is 11.4. The highest BCUT2D eigenvalue weighted by Gasteiger charge is 2.03. The molecule has 30 heavy (non-hydrogen) atoms. The summed E-state index contributed by atoms with van der Waals surface area (Å²) in [6.07, 6.45) is -1.31. The third-order valence-electron chi connectivity index (χ3n) is 2.97.